The third kappa shape index (κ3) is 3.22. The van der Waals surface area contributed by atoms with Gasteiger partial charge in [0.2, 0.25) is 0 Å². The van der Waals surface area contributed by atoms with Crippen LogP contribution in [0.2, 0.25) is 0 Å². The van der Waals surface area contributed by atoms with Gasteiger partial charge in [-0.1, -0.05) is 0 Å². The Kier molecular flexibility index (Phi) is 4.15. The van der Waals surface area contributed by atoms with Crippen LogP contribution in [-0.2, 0) is 20.1 Å². The maximum atomic E-state index is 8.85. The summed E-state index contributed by atoms with van der Waals surface area (Å²) in [5, 5.41) is 16.4. The molecule has 0 aliphatic carbocycles. The Bertz CT molecular complexity index is 518. The molecule has 0 atom stereocenters. The molecule has 2 aromatic heterocycles. The Hall–Kier alpha value is -2.06. The summed E-state index contributed by atoms with van der Waals surface area (Å²) in [6, 6.07) is 6.01. The lowest BCUT2D eigenvalue weighted by molar-refractivity contribution is 0.543. The molecular formula is C13H17N5. The van der Waals surface area contributed by atoms with Crippen LogP contribution in [0.1, 0.15) is 17.7 Å². The van der Waals surface area contributed by atoms with Crippen molar-refractivity contribution in [1.29, 1.82) is 5.26 Å². The third-order valence-electron chi connectivity index (χ3n) is 2.81. The molecule has 0 aliphatic heterocycles. The van der Waals surface area contributed by atoms with Gasteiger partial charge in [-0.05, 0) is 30.7 Å². The first-order valence-corrected chi connectivity index (χ1v) is 6.03. The highest BCUT2D eigenvalue weighted by Gasteiger charge is 2.01. The maximum Gasteiger partial charge on any atom is 0.120 e. The number of aryl methyl sites for hydroxylation is 2. The molecule has 0 aliphatic rings. The fourth-order valence-corrected chi connectivity index (χ4v) is 1.87. The average Bonchev–Trinajstić information content (AvgIpc) is 2.98. The molecule has 94 valence electrons. The number of aromatic nitrogens is 3. The molecule has 0 unspecified atom stereocenters. The summed E-state index contributed by atoms with van der Waals surface area (Å²) in [5.41, 5.74) is 1.84. The second-order valence-corrected chi connectivity index (χ2v) is 4.26. The van der Waals surface area contributed by atoms with Gasteiger partial charge in [-0.3, -0.25) is 4.68 Å². The third-order valence-corrected chi connectivity index (χ3v) is 2.81. The lowest BCUT2D eigenvalue weighted by atomic mass is 10.3. The van der Waals surface area contributed by atoms with E-state index < -0.39 is 0 Å². The van der Waals surface area contributed by atoms with Crippen molar-refractivity contribution in [3.63, 3.8) is 0 Å². The summed E-state index contributed by atoms with van der Waals surface area (Å²) in [4.78, 5) is 0. The minimum atomic E-state index is 0.698. The molecule has 2 rings (SSSR count). The van der Waals surface area contributed by atoms with Crippen molar-refractivity contribution in [1.82, 2.24) is 19.7 Å². The van der Waals surface area contributed by atoms with E-state index in [0.717, 1.165) is 31.6 Å². The van der Waals surface area contributed by atoms with Gasteiger partial charge >= 0.3 is 0 Å². The first kappa shape index (κ1) is 12.4. The zero-order valence-corrected chi connectivity index (χ0v) is 10.5. The first-order chi connectivity index (χ1) is 8.79. The molecule has 1 N–H and O–H groups in total. The molecular weight excluding hydrogens is 226 g/mol. The first-order valence-electron chi connectivity index (χ1n) is 6.03. The van der Waals surface area contributed by atoms with E-state index in [-0.39, 0.29) is 0 Å². The van der Waals surface area contributed by atoms with Crippen molar-refractivity contribution >= 4 is 0 Å². The second-order valence-electron chi connectivity index (χ2n) is 4.26. The van der Waals surface area contributed by atoms with Crippen molar-refractivity contribution in [3.8, 4) is 6.07 Å². The van der Waals surface area contributed by atoms with Gasteiger partial charge in [-0.15, -0.1) is 0 Å². The fourth-order valence-electron chi connectivity index (χ4n) is 1.87. The van der Waals surface area contributed by atoms with Gasteiger partial charge in [0.05, 0.1) is 0 Å². The molecule has 2 heterocycles. The van der Waals surface area contributed by atoms with Crippen LogP contribution in [0.4, 0.5) is 0 Å². The van der Waals surface area contributed by atoms with E-state index in [2.05, 4.69) is 16.5 Å². The molecule has 0 saturated heterocycles. The van der Waals surface area contributed by atoms with Crippen molar-refractivity contribution in [2.24, 2.45) is 7.05 Å². The minimum Gasteiger partial charge on any atom is -0.342 e. The zero-order valence-electron chi connectivity index (χ0n) is 10.5. The van der Waals surface area contributed by atoms with Gasteiger partial charge in [0.1, 0.15) is 11.8 Å². The number of hydrogen-bond acceptors (Lipinski definition) is 3. The minimum absolute atomic E-state index is 0.698. The number of hydrogen-bond donors (Lipinski definition) is 1. The summed E-state index contributed by atoms with van der Waals surface area (Å²) in [6.07, 6.45) is 6.79. The molecule has 0 saturated carbocycles. The van der Waals surface area contributed by atoms with Crippen LogP contribution in [0.3, 0.4) is 0 Å². The van der Waals surface area contributed by atoms with Crippen LogP contribution < -0.4 is 5.32 Å². The molecule has 0 spiro atoms. The van der Waals surface area contributed by atoms with Crippen molar-refractivity contribution in [3.05, 3.63) is 42.0 Å². The van der Waals surface area contributed by atoms with Gasteiger partial charge in [-0.25, -0.2) is 0 Å². The SMILES string of the molecule is Cn1cc(CNCCCn2cccn2)cc1C#N. The highest BCUT2D eigenvalue weighted by atomic mass is 15.3. The molecule has 0 amide bonds. The molecule has 2 aromatic rings. The molecule has 5 nitrogen and oxygen atoms in total. The van der Waals surface area contributed by atoms with Crippen LogP contribution in [0.15, 0.2) is 30.7 Å². The topological polar surface area (TPSA) is 58.6 Å². The van der Waals surface area contributed by atoms with Crippen LogP contribution in [0, 0.1) is 11.3 Å². The Morgan fingerprint density at radius 2 is 2.39 bits per heavy atom. The highest BCUT2D eigenvalue weighted by molar-refractivity contribution is 5.28. The molecule has 0 fully saturated rings. The standard InChI is InChI=1S/C13H17N5/c1-17-11-12(8-13(17)9-14)10-15-4-2-6-18-7-3-5-16-18/h3,5,7-8,11,15H,2,4,6,10H2,1H3. The van der Waals surface area contributed by atoms with E-state index in [0.29, 0.717) is 5.69 Å². The summed E-state index contributed by atoms with van der Waals surface area (Å²) >= 11 is 0. The van der Waals surface area contributed by atoms with E-state index in [1.807, 2.05) is 40.8 Å². The largest absolute Gasteiger partial charge is 0.342 e. The maximum absolute atomic E-state index is 8.85. The summed E-state index contributed by atoms with van der Waals surface area (Å²) < 4.78 is 3.78. The van der Waals surface area contributed by atoms with Crippen LogP contribution in [0.5, 0.6) is 0 Å². The lowest BCUT2D eigenvalue weighted by Gasteiger charge is -2.03. The quantitative estimate of drug-likeness (QED) is 0.777. The number of nitrogens with one attached hydrogen (secondary N) is 1. The van der Waals surface area contributed by atoms with Gasteiger partial charge in [-0.2, -0.15) is 10.4 Å². The van der Waals surface area contributed by atoms with E-state index >= 15 is 0 Å². The van der Waals surface area contributed by atoms with E-state index in [9.17, 15) is 0 Å². The van der Waals surface area contributed by atoms with Crippen molar-refractivity contribution < 1.29 is 0 Å². The summed E-state index contributed by atoms with van der Waals surface area (Å²) in [7, 11) is 1.89. The monoisotopic (exact) mass is 243 g/mol. The molecule has 5 heteroatoms. The van der Waals surface area contributed by atoms with Crippen molar-refractivity contribution in [2.45, 2.75) is 19.5 Å². The number of nitrogens with zero attached hydrogens (tertiary/aromatic N) is 4. The summed E-state index contributed by atoms with van der Waals surface area (Å²) in [6.45, 7) is 2.67. The van der Waals surface area contributed by atoms with E-state index in [1.54, 1.807) is 6.20 Å². The Morgan fingerprint density at radius 1 is 1.50 bits per heavy atom. The predicted molar refractivity (Wildman–Crippen MR) is 68.7 cm³/mol. The van der Waals surface area contributed by atoms with Crippen LogP contribution >= 0.6 is 0 Å². The van der Waals surface area contributed by atoms with Gasteiger partial charge < -0.3 is 9.88 Å². The molecule has 18 heavy (non-hydrogen) atoms. The fraction of sp³-hybridized carbons (Fsp3) is 0.385. The van der Waals surface area contributed by atoms with Crippen molar-refractivity contribution in [2.75, 3.05) is 6.54 Å². The van der Waals surface area contributed by atoms with Gasteiger partial charge in [0.15, 0.2) is 0 Å². The summed E-state index contributed by atoms with van der Waals surface area (Å²) in [5.74, 6) is 0. The average molecular weight is 243 g/mol. The number of nitriles is 1. The van der Waals surface area contributed by atoms with E-state index in [1.165, 1.54) is 0 Å². The lowest BCUT2D eigenvalue weighted by Crippen LogP contribution is -2.16. The second kappa shape index (κ2) is 6.03. The normalized spacial score (nSPS) is 10.4. The Labute approximate surface area is 107 Å². The van der Waals surface area contributed by atoms with Gasteiger partial charge in [0, 0.05) is 38.7 Å². The molecule has 0 aromatic carbocycles. The Balaban J connectivity index is 1.67. The molecule has 0 radical (unpaired) electrons. The van der Waals surface area contributed by atoms with E-state index in [4.69, 9.17) is 5.26 Å². The highest BCUT2D eigenvalue weighted by Crippen LogP contribution is 2.05. The van der Waals surface area contributed by atoms with Crippen LogP contribution in [-0.4, -0.2) is 20.9 Å². The van der Waals surface area contributed by atoms with Crippen LogP contribution in [0.25, 0.3) is 0 Å². The van der Waals surface area contributed by atoms with Gasteiger partial charge in [0.25, 0.3) is 0 Å². The Morgan fingerprint density at radius 3 is 3.06 bits per heavy atom. The number of rotatable bonds is 6. The predicted octanol–water partition coefficient (Wildman–Crippen LogP) is 1.27. The molecule has 0 bridgehead atoms. The smallest absolute Gasteiger partial charge is 0.120 e. The zero-order chi connectivity index (χ0) is 12.8.